The quantitative estimate of drug-likeness (QED) is 0.172. The molecule has 0 atom stereocenters. The molecule has 0 unspecified atom stereocenters. The lowest BCUT2D eigenvalue weighted by molar-refractivity contribution is 1.16. The van der Waals surface area contributed by atoms with Crippen molar-refractivity contribution in [3.05, 3.63) is 186 Å². The van der Waals surface area contributed by atoms with Crippen LogP contribution in [0.25, 0.3) is 82.2 Å². The Balaban J connectivity index is 1.15. The fraction of sp³-hybridized carbons (Fsp3) is 0.0417. The standard InChI is InChI=1S/C48H31N/c1-4-13-36-30(10-1)20-24-40-39-23-21-31(26-35(39)27-33-11-2-5-14-37(33)38-15-6-3-12-34(38)29-44(36)40)32-22-25-47-45(28-32)43-18-9-17-42-41-16-7-8-19-46(41)49(47)48(42)43/h1-26,28H,27,29H2. The first-order valence-electron chi connectivity index (χ1n) is 17.3. The predicted molar refractivity (Wildman–Crippen MR) is 207 cm³/mol. The van der Waals surface area contributed by atoms with E-state index >= 15 is 0 Å². The van der Waals surface area contributed by atoms with Crippen molar-refractivity contribution < 1.29 is 0 Å². The number of nitrogens with zero attached hydrogens (tertiary/aromatic N) is 1. The van der Waals surface area contributed by atoms with Crippen LogP contribution in [0.15, 0.2) is 164 Å². The molecule has 0 amide bonds. The van der Waals surface area contributed by atoms with Crippen LogP contribution in [0.3, 0.4) is 0 Å². The van der Waals surface area contributed by atoms with Crippen LogP contribution < -0.4 is 0 Å². The molecule has 0 saturated heterocycles. The summed E-state index contributed by atoms with van der Waals surface area (Å²) >= 11 is 0. The Bertz CT molecular complexity index is 2940. The van der Waals surface area contributed by atoms with Crippen LogP contribution in [0.1, 0.15) is 22.3 Å². The Morgan fingerprint density at radius 3 is 1.80 bits per heavy atom. The monoisotopic (exact) mass is 621 g/mol. The zero-order chi connectivity index (χ0) is 32.1. The van der Waals surface area contributed by atoms with Crippen molar-refractivity contribution in [1.29, 1.82) is 0 Å². The Kier molecular flexibility index (Phi) is 5.57. The van der Waals surface area contributed by atoms with Crippen LogP contribution in [-0.4, -0.2) is 4.40 Å². The topological polar surface area (TPSA) is 4.41 Å². The highest BCUT2D eigenvalue weighted by Gasteiger charge is 2.21. The van der Waals surface area contributed by atoms with Crippen LogP contribution in [-0.2, 0) is 12.8 Å². The minimum atomic E-state index is 0.863. The molecule has 0 radical (unpaired) electrons. The second-order valence-electron chi connectivity index (χ2n) is 13.6. The third-order valence-electron chi connectivity index (χ3n) is 11.1. The van der Waals surface area contributed by atoms with E-state index in [0.717, 1.165) is 12.8 Å². The maximum Gasteiger partial charge on any atom is 0.0620 e. The molecule has 0 aliphatic heterocycles. The average molecular weight is 622 g/mol. The summed E-state index contributed by atoms with van der Waals surface area (Å²) in [5.74, 6) is 0. The molecule has 49 heavy (non-hydrogen) atoms. The van der Waals surface area contributed by atoms with E-state index < -0.39 is 0 Å². The van der Waals surface area contributed by atoms with Crippen LogP contribution in [0.2, 0.25) is 0 Å². The zero-order valence-corrected chi connectivity index (χ0v) is 26.9. The molecule has 11 rings (SSSR count). The van der Waals surface area contributed by atoms with E-state index in [1.807, 2.05) is 0 Å². The van der Waals surface area contributed by atoms with Gasteiger partial charge in [-0.1, -0.05) is 146 Å². The predicted octanol–water partition coefficient (Wildman–Crippen LogP) is 12.5. The summed E-state index contributed by atoms with van der Waals surface area (Å²) in [6.45, 7) is 0. The molecule has 2 heterocycles. The first-order chi connectivity index (χ1) is 24.3. The lowest BCUT2D eigenvalue weighted by Gasteiger charge is -2.22. The molecule has 1 aliphatic carbocycles. The Morgan fingerprint density at radius 2 is 0.939 bits per heavy atom. The molecule has 1 heteroatoms. The van der Waals surface area contributed by atoms with Gasteiger partial charge in [0.05, 0.1) is 16.6 Å². The Hall–Kier alpha value is -6.18. The highest BCUT2D eigenvalue weighted by Crippen LogP contribution is 2.43. The molecule has 0 bridgehead atoms. The first kappa shape index (κ1) is 26.8. The molecule has 0 spiro atoms. The van der Waals surface area contributed by atoms with Crippen LogP contribution in [0, 0.1) is 0 Å². The number of fused-ring (bicyclic) bond motifs is 14. The van der Waals surface area contributed by atoms with Crippen molar-refractivity contribution in [2.24, 2.45) is 0 Å². The lowest BCUT2D eigenvalue weighted by Crippen LogP contribution is -2.03. The van der Waals surface area contributed by atoms with Gasteiger partial charge in [-0.05, 0) is 97.4 Å². The van der Waals surface area contributed by atoms with Gasteiger partial charge in [0.1, 0.15) is 0 Å². The van der Waals surface area contributed by atoms with E-state index in [9.17, 15) is 0 Å². The zero-order valence-electron chi connectivity index (χ0n) is 26.9. The normalized spacial score (nSPS) is 12.7. The van der Waals surface area contributed by atoms with Gasteiger partial charge in [0.25, 0.3) is 0 Å². The summed E-state index contributed by atoms with van der Waals surface area (Å²) in [6.07, 6.45) is 1.75. The van der Waals surface area contributed by atoms with Crippen molar-refractivity contribution in [2.75, 3.05) is 0 Å². The van der Waals surface area contributed by atoms with E-state index in [-0.39, 0.29) is 0 Å². The van der Waals surface area contributed by atoms with E-state index in [2.05, 4.69) is 168 Å². The van der Waals surface area contributed by atoms with Gasteiger partial charge in [-0.25, -0.2) is 0 Å². The number of hydrogen-bond donors (Lipinski definition) is 0. The van der Waals surface area contributed by atoms with Crippen LogP contribution >= 0.6 is 0 Å². The number of benzene rings is 8. The summed E-state index contributed by atoms with van der Waals surface area (Å²) in [4.78, 5) is 0. The van der Waals surface area contributed by atoms with Crippen LogP contribution in [0.4, 0.5) is 0 Å². The van der Waals surface area contributed by atoms with Gasteiger partial charge in [-0.15, -0.1) is 0 Å². The molecular weight excluding hydrogens is 591 g/mol. The molecule has 10 aromatic rings. The summed E-state index contributed by atoms with van der Waals surface area (Å²) in [5.41, 5.74) is 17.2. The molecule has 1 nitrogen and oxygen atoms in total. The largest absolute Gasteiger partial charge is 0.308 e. The molecular formula is C48H31N. The summed E-state index contributed by atoms with van der Waals surface area (Å²) in [7, 11) is 0. The lowest BCUT2D eigenvalue weighted by atomic mass is 9.81. The third-order valence-corrected chi connectivity index (χ3v) is 11.1. The van der Waals surface area contributed by atoms with Gasteiger partial charge in [-0.3, -0.25) is 0 Å². The molecule has 228 valence electrons. The van der Waals surface area contributed by atoms with Crippen molar-refractivity contribution in [3.63, 3.8) is 0 Å². The van der Waals surface area contributed by atoms with Crippen LogP contribution in [0.5, 0.6) is 0 Å². The highest BCUT2D eigenvalue weighted by molar-refractivity contribution is 6.23. The summed E-state index contributed by atoms with van der Waals surface area (Å²) in [6, 6.07) is 61.4. The molecule has 2 aromatic heterocycles. The number of aromatic nitrogens is 1. The Morgan fingerprint density at radius 1 is 0.347 bits per heavy atom. The fourth-order valence-electron chi connectivity index (χ4n) is 8.84. The van der Waals surface area contributed by atoms with Gasteiger partial charge in [0.15, 0.2) is 0 Å². The van der Waals surface area contributed by atoms with Gasteiger partial charge in [0.2, 0.25) is 0 Å². The summed E-state index contributed by atoms with van der Waals surface area (Å²) < 4.78 is 2.46. The van der Waals surface area contributed by atoms with Gasteiger partial charge >= 0.3 is 0 Å². The highest BCUT2D eigenvalue weighted by atomic mass is 14.9. The molecule has 0 saturated carbocycles. The SMILES string of the molecule is c1ccc2c(c1)Cc1cc(-c3ccc4c(c3)c3cccc5c6ccccc6n4c53)ccc1-c1ccc3ccccc3c1Cc1ccccc1-2. The molecule has 0 fully saturated rings. The van der Waals surface area contributed by atoms with E-state index in [4.69, 9.17) is 0 Å². The molecule has 0 N–H and O–H groups in total. The van der Waals surface area contributed by atoms with Crippen molar-refractivity contribution in [2.45, 2.75) is 12.8 Å². The fourth-order valence-corrected chi connectivity index (χ4v) is 8.84. The number of para-hydroxylation sites is 2. The van der Waals surface area contributed by atoms with Gasteiger partial charge < -0.3 is 4.40 Å². The second-order valence-corrected chi connectivity index (χ2v) is 13.6. The second kappa shape index (κ2) is 10.2. The van der Waals surface area contributed by atoms with Crippen molar-refractivity contribution in [1.82, 2.24) is 4.40 Å². The minimum Gasteiger partial charge on any atom is -0.308 e. The summed E-state index contributed by atoms with van der Waals surface area (Å²) in [5, 5.41) is 7.90. The number of hydrogen-bond acceptors (Lipinski definition) is 0. The van der Waals surface area contributed by atoms with Gasteiger partial charge in [0, 0.05) is 21.5 Å². The first-order valence-corrected chi connectivity index (χ1v) is 17.3. The Labute approximate surface area is 284 Å². The van der Waals surface area contributed by atoms with Crippen molar-refractivity contribution in [3.8, 4) is 33.4 Å². The smallest absolute Gasteiger partial charge is 0.0620 e. The van der Waals surface area contributed by atoms with E-state index in [1.54, 1.807) is 0 Å². The number of rotatable bonds is 1. The molecule has 8 aromatic carbocycles. The van der Waals surface area contributed by atoms with E-state index in [1.165, 1.54) is 105 Å². The average Bonchev–Trinajstić information content (AvgIpc) is 3.68. The van der Waals surface area contributed by atoms with Crippen molar-refractivity contribution >= 4 is 48.9 Å². The van der Waals surface area contributed by atoms with E-state index in [0.29, 0.717) is 0 Å². The molecule has 1 aliphatic rings. The minimum absolute atomic E-state index is 0.863. The maximum atomic E-state index is 2.46. The van der Waals surface area contributed by atoms with Gasteiger partial charge in [-0.2, -0.15) is 0 Å². The maximum absolute atomic E-state index is 2.46. The third kappa shape index (κ3) is 3.87.